The van der Waals surface area contributed by atoms with Gasteiger partial charge in [0.25, 0.3) is 0 Å². The van der Waals surface area contributed by atoms with Gasteiger partial charge >= 0.3 is 0 Å². The van der Waals surface area contributed by atoms with Gasteiger partial charge in [0.2, 0.25) is 5.91 Å². The number of hydrogen-bond acceptors (Lipinski definition) is 4. The van der Waals surface area contributed by atoms with Gasteiger partial charge in [-0.1, -0.05) is 18.2 Å². The molecule has 2 saturated heterocycles. The lowest BCUT2D eigenvalue weighted by Crippen LogP contribution is -2.34. The van der Waals surface area contributed by atoms with Gasteiger partial charge in [-0.2, -0.15) is 0 Å². The Morgan fingerprint density at radius 1 is 1.19 bits per heavy atom. The highest BCUT2D eigenvalue weighted by atomic mass is 16.5. The van der Waals surface area contributed by atoms with Crippen LogP contribution in [0.1, 0.15) is 44.3 Å². The molecule has 0 bridgehead atoms. The minimum absolute atomic E-state index is 0.176. The summed E-state index contributed by atoms with van der Waals surface area (Å²) in [6.45, 7) is 4.56. The molecule has 0 spiro atoms. The van der Waals surface area contributed by atoms with Crippen LogP contribution in [0.4, 0.5) is 0 Å². The summed E-state index contributed by atoms with van der Waals surface area (Å²) in [6.07, 6.45) is 6.39. The van der Waals surface area contributed by atoms with Crippen LogP contribution in [0.15, 0.2) is 34.7 Å². The molecule has 1 amide bonds. The van der Waals surface area contributed by atoms with Crippen LogP contribution in [0.25, 0.3) is 11.0 Å². The molecule has 5 nitrogen and oxygen atoms in total. The van der Waals surface area contributed by atoms with E-state index in [1.165, 1.54) is 18.2 Å². The number of carbonyl (C=O) groups is 1. The smallest absolute Gasteiger partial charge is 0.220 e. The van der Waals surface area contributed by atoms with E-state index in [9.17, 15) is 4.79 Å². The third-order valence-electron chi connectivity index (χ3n) is 5.89. The lowest BCUT2D eigenvalue weighted by Gasteiger charge is -2.31. The number of ether oxygens (including phenoxy) is 1. The van der Waals surface area contributed by atoms with Gasteiger partial charge in [-0.3, -0.25) is 9.69 Å². The first-order valence-corrected chi connectivity index (χ1v) is 10.3. The molecule has 27 heavy (non-hydrogen) atoms. The maximum Gasteiger partial charge on any atom is 0.220 e. The summed E-state index contributed by atoms with van der Waals surface area (Å²) in [7, 11) is 0. The number of carbonyl (C=O) groups excluding carboxylic acids is 1. The van der Waals surface area contributed by atoms with Crippen LogP contribution in [-0.4, -0.2) is 43.2 Å². The number of likely N-dealkylation sites (tertiary alicyclic amines) is 1. The third kappa shape index (κ3) is 5.11. The zero-order valence-electron chi connectivity index (χ0n) is 16.0. The zero-order chi connectivity index (χ0) is 18.5. The molecule has 5 heteroatoms. The normalized spacial score (nSPS) is 21.7. The number of nitrogens with zero attached hydrogens (tertiary/aromatic N) is 1. The van der Waals surface area contributed by atoms with Crippen LogP contribution >= 0.6 is 0 Å². The average Bonchev–Trinajstić information content (AvgIpc) is 3.35. The van der Waals surface area contributed by atoms with Crippen molar-refractivity contribution in [3.63, 3.8) is 0 Å². The van der Waals surface area contributed by atoms with E-state index in [-0.39, 0.29) is 12.0 Å². The van der Waals surface area contributed by atoms with Crippen LogP contribution in [0.2, 0.25) is 0 Å². The van der Waals surface area contributed by atoms with Gasteiger partial charge in [0.15, 0.2) is 0 Å². The van der Waals surface area contributed by atoms with Gasteiger partial charge in [-0.15, -0.1) is 0 Å². The van der Waals surface area contributed by atoms with Gasteiger partial charge < -0.3 is 14.5 Å². The van der Waals surface area contributed by atoms with Crippen molar-refractivity contribution >= 4 is 16.9 Å². The molecule has 2 aliphatic heterocycles. The Morgan fingerprint density at radius 2 is 2.04 bits per heavy atom. The maximum atomic E-state index is 12.0. The molecule has 1 atom stereocenters. The number of hydrogen-bond donors (Lipinski definition) is 1. The minimum atomic E-state index is 0.176. The fourth-order valence-electron chi connectivity index (χ4n) is 4.22. The SMILES string of the molecule is O=C(CCC1CCN(Cc2cc3ccccc3o2)CC1)NCC1CCCO1. The molecule has 146 valence electrons. The third-order valence-corrected chi connectivity index (χ3v) is 5.89. The Morgan fingerprint density at radius 3 is 2.81 bits per heavy atom. The average molecular weight is 370 g/mol. The Hall–Kier alpha value is -1.85. The number of benzene rings is 1. The Balaban J connectivity index is 1.15. The van der Waals surface area contributed by atoms with Crippen molar-refractivity contribution in [2.75, 3.05) is 26.2 Å². The second-order valence-corrected chi connectivity index (χ2v) is 7.95. The molecular weight excluding hydrogens is 340 g/mol. The van der Waals surface area contributed by atoms with E-state index in [2.05, 4.69) is 22.3 Å². The molecule has 4 rings (SSSR count). The number of nitrogens with one attached hydrogen (secondary N) is 1. The van der Waals surface area contributed by atoms with Crippen molar-refractivity contribution in [1.82, 2.24) is 10.2 Å². The largest absolute Gasteiger partial charge is 0.460 e. The summed E-state index contributed by atoms with van der Waals surface area (Å²) in [5.74, 6) is 1.88. The van der Waals surface area contributed by atoms with Gasteiger partial charge in [0.05, 0.1) is 12.6 Å². The summed E-state index contributed by atoms with van der Waals surface area (Å²) < 4.78 is 11.5. The summed E-state index contributed by atoms with van der Waals surface area (Å²) >= 11 is 0. The Bertz CT molecular complexity index is 710. The standard InChI is InChI=1S/C22H30N2O3/c25-22(23-15-19-5-3-13-26-19)8-7-17-9-11-24(12-10-17)16-20-14-18-4-1-2-6-21(18)27-20/h1-2,4,6,14,17,19H,3,5,7-13,15-16H2,(H,23,25). The topological polar surface area (TPSA) is 54.7 Å². The van der Waals surface area contributed by atoms with Crippen molar-refractivity contribution in [2.45, 2.75) is 51.2 Å². The van der Waals surface area contributed by atoms with E-state index in [1.54, 1.807) is 0 Å². The second kappa shape index (κ2) is 8.89. The molecule has 3 heterocycles. The number of amides is 1. The lowest BCUT2D eigenvalue weighted by atomic mass is 9.92. The van der Waals surface area contributed by atoms with Crippen molar-refractivity contribution in [1.29, 1.82) is 0 Å². The van der Waals surface area contributed by atoms with E-state index in [0.29, 0.717) is 18.9 Å². The van der Waals surface area contributed by atoms with Gasteiger partial charge in [0.1, 0.15) is 11.3 Å². The van der Waals surface area contributed by atoms with Crippen molar-refractivity contribution in [3.8, 4) is 0 Å². The molecular formula is C22H30N2O3. The van der Waals surface area contributed by atoms with Gasteiger partial charge in [-0.05, 0) is 63.2 Å². The fraction of sp³-hybridized carbons (Fsp3) is 0.591. The Kier molecular flexibility index (Phi) is 6.10. The highest BCUT2D eigenvalue weighted by Gasteiger charge is 2.21. The summed E-state index contributed by atoms with van der Waals surface area (Å²) in [6, 6.07) is 10.3. The zero-order valence-corrected chi connectivity index (χ0v) is 16.0. The van der Waals surface area contributed by atoms with Crippen LogP contribution in [0, 0.1) is 5.92 Å². The molecule has 2 aliphatic rings. The minimum Gasteiger partial charge on any atom is -0.460 e. The summed E-state index contributed by atoms with van der Waals surface area (Å²) in [5.41, 5.74) is 0.969. The predicted octanol–water partition coefficient (Wildman–Crippen LogP) is 3.72. The molecule has 1 N–H and O–H groups in total. The monoisotopic (exact) mass is 370 g/mol. The number of rotatable bonds is 7. The first-order valence-electron chi connectivity index (χ1n) is 10.3. The lowest BCUT2D eigenvalue weighted by molar-refractivity contribution is -0.122. The fourth-order valence-corrected chi connectivity index (χ4v) is 4.22. The molecule has 1 aromatic heterocycles. The first-order chi connectivity index (χ1) is 13.3. The van der Waals surface area contributed by atoms with E-state index in [4.69, 9.17) is 9.15 Å². The molecule has 2 fully saturated rings. The van der Waals surface area contributed by atoms with Crippen LogP contribution in [-0.2, 0) is 16.1 Å². The van der Waals surface area contributed by atoms with Crippen molar-refractivity contribution in [3.05, 3.63) is 36.1 Å². The molecule has 1 unspecified atom stereocenters. The van der Waals surface area contributed by atoms with E-state index >= 15 is 0 Å². The van der Waals surface area contributed by atoms with Gasteiger partial charge in [-0.25, -0.2) is 0 Å². The van der Waals surface area contributed by atoms with Crippen LogP contribution < -0.4 is 5.32 Å². The summed E-state index contributed by atoms with van der Waals surface area (Å²) in [5, 5.41) is 4.21. The van der Waals surface area contributed by atoms with E-state index < -0.39 is 0 Å². The molecule has 1 aromatic carbocycles. The van der Waals surface area contributed by atoms with E-state index in [1.807, 2.05) is 18.2 Å². The highest BCUT2D eigenvalue weighted by Crippen LogP contribution is 2.25. The van der Waals surface area contributed by atoms with Crippen molar-refractivity contribution < 1.29 is 13.9 Å². The number of para-hydroxylation sites is 1. The van der Waals surface area contributed by atoms with Crippen molar-refractivity contribution in [2.24, 2.45) is 5.92 Å². The second-order valence-electron chi connectivity index (χ2n) is 7.95. The van der Waals surface area contributed by atoms with E-state index in [0.717, 1.165) is 56.8 Å². The Labute approximate surface area is 161 Å². The van der Waals surface area contributed by atoms with Gasteiger partial charge in [0, 0.05) is 25.0 Å². The molecule has 2 aromatic rings. The molecule has 0 saturated carbocycles. The van der Waals surface area contributed by atoms with Crippen LogP contribution in [0.3, 0.4) is 0 Å². The number of fused-ring (bicyclic) bond motifs is 1. The predicted molar refractivity (Wildman–Crippen MR) is 105 cm³/mol. The first kappa shape index (κ1) is 18.5. The number of furan rings is 1. The maximum absolute atomic E-state index is 12.0. The highest BCUT2D eigenvalue weighted by molar-refractivity contribution is 5.77. The molecule has 0 aliphatic carbocycles. The van der Waals surface area contributed by atoms with Crippen LogP contribution in [0.5, 0.6) is 0 Å². The molecule has 0 radical (unpaired) electrons. The quantitative estimate of drug-likeness (QED) is 0.807. The number of piperidine rings is 1. The summed E-state index contributed by atoms with van der Waals surface area (Å²) in [4.78, 5) is 14.5.